The Morgan fingerprint density at radius 2 is 1.69 bits per heavy atom. The van der Waals surface area contributed by atoms with Gasteiger partial charge in [0.25, 0.3) is 0 Å². The Labute approximate surface area is 178 Å². The first kappa shape index (κ1) is 25.6. The standard InChI is InChI=1S/C17H16Cl4O.2C2H6/c1-2-17(14-5-3-4-12(18)9-16(14)21)22-10-11-6-7-13(19)8-15(11)20;2*1-2/h3-4,6-9,17H,2,5,10H2,1H3;2*1-2H3. The second kappa shape index (κ2) is 14.6. The molecule has 0 saturated heterocycles. The number of ether oxygens (including phenoxy) is 1. The summed E-state index contributed by atoms with van der Waals surface area (Å²) in [6.07, 6.45) is 7.05. The fourth-order valence-corrected chi connectivity index (χ4v) is 3.27. The van der Waals surface area contributed by atoms with E-state index in [0.29, 0.717) is 26.7 Å². The number of allylic oxidation sites excluding steroid dienone is 5. The van der Waals surface area contributed by atoms with Gasteiger partial charge in [-0.05, 0) is 48.3 Å². The van der Waals surface area contributed by atoms with Crippen LogP contribution in [0.4, 0.5) is 0 Å². The normalized spacial score (nSPS) is 14.4. The Morgan fingerprint density at radius 3 is 2.27 bits per heavy atom. The van der Waals surface area contributed by atoms with Crippen LogP contribution in [0.2, 0.25) is 10.0 Å². The van der Waals surface area contributed by atoms with E-state index in [4.69, 9.17) is 51.1 Å². The maximum Gasteiger partial charge on any atom is 0.0807 e. The first-order valence-corrected chi connectivity index (χ1v) is 10.5. The molecule has 0 fully saturated rings. The second-order valence-corrected chi connectivity index (χ2v) is 6.64. The lowest BCUT2D eigenvalue weighted by Gasteiger charge is -2.20. The van der Waals surface area contributed by atoms with Gasteiger partial charge in [-0.1, -0.05) is 93.2 Å². The molecule has 1 aromatic carbocycles. The predicted octanol–water partition coefficient (Wildman–Crippen LogP) is 8.92. The van der Waals surface area contributed by atoms with E-state index < -0.39 is 0 Å². The molecule has 146 valence electrons. The minimum atomic E-state index is -0.0808. The number of hydrogen-bond donors (Lipinski definition) is 0. The molecule has 0 aromatic heterocycles. The van der Waals surface area contributed by atoms with E-state index in [1.807, 2.05) is 45.9 Å². The Bertz CT molecular complexity index is 633. The third-order valence-electron chi connectivity index (χ3n) is 3.40. The summed E-state index contributed by atoms with van der Waals surface area (Å²) in [6, 6.07) is 5.39. The fraction of sp³-hybridized carbons (Fsp3) is 0.429. The van der Waals surface area contributed by atoms with E-state index in [1.165, 1.54) is 0 Å². The van der Waals surface area contributed by atoms with Gasteiger partial charge in [-0.2, -0.15) is 0 Å². The summed E-state index contributed by atoms with van der Waals surface area (Å²) in [5.74, 6) is 0. The number of benzene rings is 1. The van der Waals surface area contributed by atoms with Crippen LogP contribution in [0.1, 0.15) is 53.0 Å². The van der Waals surface area contributed by atoms with Gasteiger partial charge in [0.15, 0.2) is 0 Å². The fourth-order valence-electron chi connectivity index (χ4n) is 2.24. The predicted molar refractivity (Wildman–Crippen MR) is 119 cm³/mol. The molecule has 0 bridgehead atoms. The molecule has 0 spiro atoms. The maximum atomic E-state index is 6.34. The molecule has 0 N–H and O–H groups in total. The van der Waals surface area contributed by atoms with Crippen LogP contribution in [0.25, 0.3) is 0 Å². The van der Waals surface area contributed by atoms with Gasteiger partial charge < -0.3 is 4.74 Å². The van der Waals surface area contributed by atoms with Gasteiger partial charge in [0, 0.05) is 20.1 Å². The highest BCUT2D eigenvalue weighted by Gasteiger charge is 2.17. The molecule has 1 atom stereocenters. The Balaban J connectivity index is 0.00000146. The molecule has 1 aliphatic rings. The van der Waals surface area contributed by atoms with E-state index >= 15 is 0 Å². The summed E-state index contributed by atoms with van der Waals surface area (Å²) in [5, 5.41) is 2.48. The highest BCUT2D eigenvalue weighted by Crippen LogP contribution is 2.29. The summed E-state index contributed by atoms with van der Waals surface area (Å²) < 4.78 is 6.02. The topological polar surface area (TPSA) is 9.23 Å². The van der Waals surface area contributed by atoms with E-state index in [9.17, 15) is 0 Å². The summed E-state index contributed by atoms with van der Waals surface area (Å²) in [5.41, 5.74) is 1.93. The number of rotatable bonds is 5. The average molecular weight is 438 g/mol. The summed E-state index contributed by atoms with van der Waals surface area (Å²) in [6.45, 7) is 10.5. The molecule has 0 radical (unpaired) electrons. The van der Waals surface area contributed by atoms with Gasteiger partial charge in [-0.3, -0.25) is 0 Å². The molecule has 1 aromatic rings. The Morgan fingerprint density at radius 1 is 1.04 bits per heavy atom. The summed E-state index contributed by atoms with van der Waals surface area (Å²) >= 11 is 24.4. The minimum Gasteiger partial charge on any atom is -0.369 e. The first-order chi connectivity index (χ1) is 12.5. The smallest absolute Gasteiger partial charge is 0.0807 e. The van der Waals surface area contributed by atoms with E-state index in [1.54, 1.807) is 18.2 Å². The number of halogens is 4. The lowest BCUT2D eigenvalue weighted by molar-refractivity contribution is 0.0607. The minimum absolute atomic E-state index is 0.0808. The zero-order valence-corrected chi connectivity index (χ0v) is 19.1. The van der Waals surface area contributed by atoms with Crippen molar-refractivity contribution in [2.75, 3.05) is 0 Å². The summed E-state index contributed by atoms with van der Waals surface area (Å²) in [4.78, 5) is 0. The van der Waals surface area contributed by atoms with E-state index in [-0.39, 0.29) is 6.10 Å². The third kappa shape index (κ3) is 8.50. The van der Waals surface area contributed by atoms with Crippen molar-refractivity contribution in [3.05, 3.63) is 67.7 Å². The molecule has 0 amide bonds. The van der Waals surface area contributed by atoms with Gasteiger partial charge >= 0.3 is 0 Å². The highest BCUT2D eigenvalue weighted by atomic mass is 35.5. The van der Waals surface area contributed by atoms with Crippen LogP contribution in [0.5, 0.6) is 0 Å². The molecule has 26 heavy (non-hydrogen) atoms. The van der Waals surface area contributed by atoms with Crippen molar-refractivity contribution >= 4 is 46.4 Å². The van der Waals surface area contributed by atoms with Crippen LogP contribution < -0.4 is 0 Å². The van der Waals surface area contributed by atoms with Crippen LogP contribution in [-0.2, 0) is 11.3 Å². The molecule has 1 nitrogen and oxygen atoms in total. The van der Waals surface area contributed by atoms with Gasteiger partial charge in [0.1, 0.15) is 0 Å². The van der Waals surface area contributed by atoms with Crippen LogP contribution >= 0.6 is 46.4 Å². The van der Waals surface area contributed by atoms with Crippen molar-refractivity contribution in [2.24, 2.45) is 0 Å². The van der Waals surface area contributed by atoms with Gasteiger partial charge in [0.05, 0.1) is 12.7 Å². The van der Waals surface area contributed by atoms with E-state index in [0.717, 1.165) is 24.0 Å². The second-order valence-electron chi connectivity index (χ2n) is 4.95. The highest BCUT2D eigenvalue weighted by molar-refractivity contribution is 6.36. The first-order valence-electron chi connectivity index (χ1n) is 8.99. The summed E-state index contributed by atoms with van der Waals surface area (Å²) in [7, 11) is 0. The Hall–Kier alpha value is -0.440. The lowest BCUT2D eigenvalue weighted by Crippen LogP contribution is -2.15. The molecule has 0 saturated carbocycles. The molecule has 0 heterocycles. The Kier molecular flexibility index (Phi) is 14.4. The maximum absolute atomic E-state index is 6.34. The van der Waals surface area contributed by atoms with Gasteiger partial charge in [0.2, 0.25) is 0 Å². The SMILES string of the molecule is CC.CC.CCC(OCc1ccc(Cl)cc1Cl)C1=C(Cl)C=C(Cl)C=CC1. The van der Waals surface area contributed by atoms with Crippen molar-refractivity contribution in [2.45, 2.75) is 60.2 Å². The van der Waals surface area contributed by atoms with E-state index in [2.05, 4.69) is 6.92 Å². The van der Waals surface area contributed by atoms with Crippen molar-refractivity contribution < 1.29 is 4.74 Å². The van der Waals surface area contributed by atoms with Crippen molar-refractivity contribution in [3.63, 3.8) is 0 Å². The van der Waals surface area contributed by atoms with Crippen LogP contribution in [0, 0.1) is 0 Å². The van der Waals surface area contributed by atoms with Gasteiger partial charge in [-0.15, -0.1) is 0 Å². The molecule has 5 heteroatoms. The molecule has 1 aliphatic carbocycles. The van der Waals surface area contributed by atoms with Crippen LogP contribution in [0.15, 0.2) is 52.1 Å². The monoisotopic (exact) mass is 436 g/mol. The zero-order chi connectivity index (χ0) is 20.1. The molecular weight excluding hydrogens is 410 g/mol. The average Bonchev–Trinajstić information content (AvgIpc) is 2.81. The molecule has 2 rings (SSSR count). The number of hydrogen-bond acceptors (Lipinski definition) is 1. The zero-order valence-electron chi connectivity index (χ0n) is 16.1. The van der Waals surface area contributed by atoms with Gasteiger partial charge in [-0.25, -0.2) is 0 Å². The van der Waals surface area contributed by atoms with Crippen molar-refractivity contribution in [3.8, 4) is 0 Å². The molecular formula is C21H28Cl4O. The van der Waals surface area contributed by atoms with Crippen molar-refractivity contribution in [1.82, 2.24) is 0 Å². The third-order valence-corrected chi connectivity index (χ3v) is 4.57. The van der Waals surface area contributed by atoms with Crippen LogP contribution in [0.3, 0.4) is 0 Å². The molecule has 1 unspecified atom stereocenters. The molecule has 0 aliphatic heterocycles. The largest absolute Gasteiger partial charge is 0.369 e. The van der Waals surface area contributed by atoms with Crippen molar-refractivity contribution in [1.29, 1.82) is 0 Å². The quantitative estimate of drug-likeness (QED) is 0.446. The van der Waals surface area contributed by atoms with Crippen LogP contribution in [-0.4, -0.2) is 6.10 Å². The lowest BCUT2D eigenvalue weighted by atomic mass is 10.0.